The number of halogens is 1. The highest BCUT2D eigenvalue weighted by atomic mass is 35.5. The maximum atomic E-state index is 10.6. The van der Waals surface area contributed by atoms with Crippen molar-refractivity contribution in [2.24, 2.45) is 5.92 Å². The largest absolute Gasteiger partial charge is 0.505 e. The molecule has 2 aromatic carbocycles. The van der Waals surface area contributed by atoms with Gasteiger partial charge in [0.05, 0.1) is 23.8 Å². The SMILES string of the molecule is N#CC(C#N)C(c1ccccc1)c1[nH]c2ccc(Cl)cc2c1O. The molecule has 1 aromatic heterocycles. The fourth-order valence-corrected chi connectivity index (χ4v) is 2.93. The van der Waals surface area contributed by atoms with Crippen molar-refractivity contribution in [2.75, 3.05) is 0 Å². The summed E-state index contributed by atoms with van der Waals surface area (Å²) in [5.74, 6) is -1.48. The number of nitrogens with zero attached hydrogens (tertiary/aromatic N) is 2. The van der Waals surface area contributed by atoms with Crippen LogP contribution in [0.3, 0.4) is 0 Å². The van der Waals surface area contributed by atoms with E-state index in [1.807, 2.05) is 42.5 Å². The molecule has 2 N–H and O–H groups in total. The zero-order valence-corrected chi connectivity index (χ0v) is 12.7. The summed E-state index contributed by atoms with van der Waals surface area (Å²) in [7, 11) is 0. The highest BCUT2D eigenvalue weighted by Crippen LogP contribution is 2.40. The third-order valence-electron chi connectivity index (χ3n) is 3.84. The molecule has 0 saturated carbocycles. The van der Waals surface area contributed by atoms with Gasteiger partial charge >= 0.3 is 0 Å². The topological polar surface area (TPSA) is 83.6 Å². The molecule has 0 aliphatic rings. The van der Waals surface area contributed by atoms with Crippen molar-refractivity contribution >= 4 is 22.5 Å². The predicted molar refractivity (Wildman–Crippen MR) is 88.0 cm³/mol. The molecule has 0 bridgehead atoms. The molecule has 0 saturated heterocycles. The van der Waals surface area contributed by atoms with Gasteiger partial charge in [-0.15, -0.1) is 0 Å². The second-order valence-corrected chi connectivity index (χ2v) is 5.64. The van der Waals surface area contributed by atoms with E-state index in [-0.39, 0.29) is 5.75 Å². The molecule has 1 unspecified atom stereocenters. The zero-order chi connectivity index (χ0) is 16.4. The summed E-state index contributed by atoms with van der Waals surface area (Å²) >= 11 is 5.98. The van der Waals surface area contributed by atoms with Gasteiger partial charge < -0.3 is 10.1 Å². The Hall–Kier alpha value is -2.95. The van der Waals surface area contributed by atoms with E-state index >= 15 is 0 Å². The van der Waals surface area contributed by atoms with Crippen LogP contribution in [0.4, 0.5) is 0 Å². The van der Waals surface area contributed by atoms with Gasteiger partial charge in [0.2, 0.25) is 0 Å². The van der Waals surface area contributed by atoms with Gasteiger partial charge in [0.15, 0.2) is 0 Å². The smallest absolute Gasteiger partial charge is 0.145 e. The first kappa shape index (κ1) is 15.0. The van der Waals surface area contributed by atoms with Gasteiger partial charge in [-0.25, -0.2) is 0 Å². The van der Waals surface area contributed by atoms with Crippen molar-refractivity contribution in [3.63, 3.8) is 0 Å². The van der Waals surface area contributed by atoms with Crippen LogP contribution in [-0.2, 0) is 0 Å². The third-order valence-corrected chi connectivity index (χ3v) is 4.08. The Balaban J connectivity index is 2.24. The Kier molecular flexibility index (Phi) is 3.93. The lowest BCUT2D eigenvalue weighted by Crippen LogP contribution is -2.12. The molecule has 4 nitrogen and oxygen atoms in total. The van der Waals surface area contributed by atoms with Gasteiger partial charge in [0.1, 0.15) is 11.7 Å². The molecule has 23 heavy (non-hydrogen) atoms. The van der Waals surface area contributed by atoms with Gasteiger partial charge in [-0.1, -0.05) is 41.9 Å². The average Bonchev–Trinajstić information content (AvgIpc) is 2.89. The van der Waals surface area contributed by atoms with Crippen LogP contribution in [-0.4, -0.2) is 10.1 Å². The number of hydrogen-bond donors (Lipinski definition) is 2. The minimum absolute atomic E-state index is 0.0202. The second kappa shape index (κ2) is 6.04. The highest BCUT2D eigenvalue weighted by Gasteiger charge is 2.29. The lowest BCUT2D eigenvalue weighted by Gasteiger charge is -2.17. The molecule has 112 valence electrons. The van der Waals surface area contributed by atoms with Crippen LogP contribution in [0.2, 0.25) is 5.02 Å². The Labute approximate surface area is 138 Å². The molecular formula is C18H12ClN3O. The number of aromatic hydroxyl groups is 1. The van der Waals surface area contributed by atoms with Crippen molar-refractivity contribution in [2.45, 2.75) is 5.92 Å². The van der Waals surface area contributed by atoms with Crippen LogP contribution >= 0.6 is 11.6 Å². The maximum absolute atomic E-state index is 10.6. The van der Waals surface area contributed by atoms with E-state index in [1.54, 1.807) is 18.2 Å². The van der Waals surface area contributed by atoms with Crippen LogP contribution in [0.5, 0.6) is 5.75 Å². The van der Waals surface area contributed by atoms with E-state index in [4.69, 9.17) is 11.6 Å². The Bertz CT molecular complexity index is 921. The van der Waals surface area contributed by atoms with Gasteiger partial charge in [-0.2, -0.15) is 10.5 Å². The summed E-state index contributed by atoms with van der Waals surface area (Å²) in [6, 6.07) is 18.4. The summed E-state index contributed by atoms with van der Waals surface area (Å²) in [4.78, 5) is 3.13. The highest BCUT2D eigenvalue weighted by molar-refractivity contribution is 6.31. The van der Waals surface area contributed by atoms with Crippen molar-refractivity contribution in [3.8, 4) is 17.9 Å². The minimum Gasteiger partial charge on any atom is -0.505 e. The number of aromatic amines is 1. The summed E-state index contributed by atoms with van der Waals surface area (Å²) in [6.45, 7) is 0. The Morgan fingerprint density at radius 1 is 1.04 bits per heavy atom. The molecule has 3 rings (SSSR count). The summed E-state index contributed by atoms with van der Waals surface area (Å²) in [5, 5.41) is 30.3. The number of aromatic nitrogens is 1. The van der Waals surface area contributed by atoms with Gasteiger partial charge in [-0.05, 0) is 23.8 Å². The summed E-state index contributed by atoms with van der Waals surface area (Å²) < 4.78 is 0. The minimum atomic E-state index is -0.924. The average molecular weight is 322 g/mol. The van der Waals surface area contributed by atoms with Crippen LogP contribution in [0.25, 0.3) is 10.9 Å². The molecule has 0 fully saturated rings. The Morgan fingerprint density at radius 2 is 1.74 bits per heavy atom. The molecule has 3 aromatic rings. The number of nitriles is 2. The molecule has 0 spiro atoms. The second-order valence-electron chi connectivity index (χ2n) is 5.20. The van der Waals surface area contributed by atoms with E-state index < -0.39 is 11.8 Å². The normalized spacial score (nSPS) is 12.0. The lowest BCUT2D eigenvalue weighted by molar-refractivity contribution is 0.466. The number of benzene rings is 2. The molecular weight excluding hydrogens is 310 g/mol. The number of H-pyrrole nitrogens is 1. The van der Waals surface area contributed by atoms with E-state index in [2.05, 4.69) is 4.98 Å². The Morgan fingerprint density at radius 3 is 2.39 bits per heavy atom. The van der Waals surface area contributed by atoms with Crippen LogP contribution < -0.4 is 0 Å². The van der Waals surface area contributed by atoms with Crippen LogP contribution in [0.15, 0.2) is 48.5 Å². The molecule has 0 radical (unpaired) electrons. The number of rotatable bonds is 3. The van der Waals surface area contributed by atoms with E-state index in [0.29, 0.717) is 21.6 Å². The number of nitrogens with one attached hydrogen (secondary N) is 1. The molecule has 1 heterocycles. The van der Waals surface area contributed by atoms with Crippen molar-refractivity contribution in [1.29, 1.82) is 10.5 Å². The van der Waals surface area contributed by atoms with Gasteiger partial charge in [0, 0.05) is 15.9 Å². The fraction of sp³-hybridized carbons (Fsp3) is 0.111. The standard InChI is InChI=1S/C18H12ClN3O/c19-13-6-7-15-14(8-13)18(23)17(22-15)16(12(9-20)10-21)11-4-2-1-3-5-11/h1-8,12,16,22-23H. The lowest BCUT2D eigenvalue weighted by atomic mass is 9.85. The monoisotopic (exact) mass is 321 g/mol. The zero-order valence-electron chi connectivity index (χ0n) is 12.0. The first-order chi connectivity index (χ1) is 11.2. The fourth-order valence-electron chi connectivity index (χ4n) is 2.76. The first-order valence-electron chi connectivity index (χ1n) is 7.00. The van der Waals surface area contributed by atoms with Gasteiger partial charge in [0.25, 0.3) is 0 Å². The maximum Gasteiger partial charge on any atom is 0.145 e. The van der Waals surface area contributed by atoms with Crippen LogP contribution in [0.1, 0.15) is 17.2 Å². The quantitative estimate of drug-likeness (QED) is 0.753. The first-order valence-corrected chi connectivity index (χ1v) is 7.37. The van der Waals surface area contributed by atoms with Crippen molar-refractivity contribution < 1.29 is 5.11 Å². The molecule has 0 aliphatic carbocycles. The summed E-state index contributed by atoms with van der Waals surface area (Å²) in [5.41, 5.74) is 1.94. The number of hydrogen-bond acceptors (Lipinski definition) is 3. The van der Waals surface area contributed by atoms with Gasteiger partial charge in [-0.3, -0.25) is 0 Å². The molecule has 5 heteroatoms. The predicted octanol–water partition coefficient (Wildman–Crippen LogP) is 4.32. The molecule has 0 aliphatic heterocycles. The molecule has 0 amide bonds. The van der Waals surface area contributed by atoms with E-state index in [0.717, 1.165) is 5.56 Å². The summed E-state index contributed by atoms with van der Waals surface area (Å²) in [6.07, 6.45) is 0. The van der Waals surface area contributed by atoms with E-state index in [9.17, 15) is 15.6 Å². The third kappa shape index (κ3) is 2.61. The molecule has 1 atom stereocenters. The number of fused-ring (bicyclic) bond motifs is 1. The van der Waals surface area contributed by atoms with Crippen molar-refractivity contribution in [1.82, 2.24) is 4.98 Å². The van der Waals surface area contributed by atoms with Crippen LogP contribution in [0, 0.1) is 28.6 Å². The van der Waals surface area contributed by atoms with E-state index in [1.165, 1.54) is 0 Å². The van der Waals surface area contributed by atoms with Crippen molar-refractivity contribution in [3.05, 3.63) is 64.8 Å².